The molecular formula is C16H26N2O3. The molecule has 0 saturated heterocycles. The third-order valence-corrected chi connectivity index (χ3v) is 3.29. The van der Waals surface area contributed by atoms with Crippen molar-refractivity contribution in [3.63, 3.8) is 0 Å². The number of ether oxygens (including phenoxy) is 1. The lowest BCUT2D eigenvalue weighted by atomic mass is 10.1. The summed E-state index contributed by atoms with van der Waals surface area (Å²) < 4.78 is 5.49. The first-order chi connectivity index (χ1) is 10.1. The van der Waals surface area contributed by atoms with Gasteiger partial charge in [-0.1, -0.05) is 39.2 Å². The summed E-state index contributed by atoms with van der Waals surface area (Å²) in [6.45, 7) is 6.68. The fourth-order valence-corrected chi connectivity index (χ4v) is 2.19. The molecule has 1 N–H and O–H groups in total. The minimum Gasteiger partial charge on any atom is -0.487 e. The Labute approximate surface area is 126 Å². The van der Waals surface area contributed by atoms with Crippen LogP contribution in [0, 0.1) is 10.1 Å². The lowest BCUT2D eigenvalue weighted by Gasteiger charge is -2.16. The Morgan fingerprint density at radius 3 is 2.67 bits per heavy atom. The van der Waals surface area contributed by atoms with Crippen molar-refractivity contribution in [3.8, 4) is 5.75 Å². The maximum absolute atomic E-state index is 11.3. The second kappa shape index (κ2) is 9.21. The maximum Gasteiger partial charge on any atom is 0.333 e. The van der Waals surface area contributed by atoms with Crippen LogP contribution in [0.15, 0.2) is 18.2 Å². The Hall–Kier alpha value is -1.78. The number of unbranched alkanes of at least 4 members (excludes halogenated alkanes) is 2. The first-order valence-electron chi connectivity index (χ1n) is 7.76. The van der Waals surface area contributed by atoms with Crippen molar-refractivity contribution in [3.05, 3.63) is 28.3 Å². The van der Waals surface area contributed by atoms with E-state index in [1.165, 1.54) is 12.8 Å². The molecule has 118 valence electrons. The van der Waals surface area contributed by atoms with Crippen molar-refractivity contribution in [1.82, 2.24) is 0 Å². The molecule has 5 heteroatoms. The Morgan fingerprint density at radius 1 is 1.29 bits per heavy atom. The van der Waals surface area contributed by atoms with E-state index in [1.807, 2.05) is 6.92 Å². The van der Waals surface area contributed by atoms with Gasteiger partial charge in [0, 0.05) is 6.04 Å². The summed E-state index contributed by atoms with van der Waals surface area (Å²) >= 11 is 0. The summed E-state index contributed by atoms with van der Waals surface area (Å²) in [7, 11) is 0. The Balaban J connectivity index is 2.82. The zero-order valence-corrected chi connectivity index (χ0v) is 13.2. The van der Waals surface area contributed by atoms with Gasteiger partial charge in [0.1, 0.15) is 5.69 Å². The molecule has 1 unspecified atom stereocenters. The molecule has 0 aromatic heterocycles. The van der Waals surface area contributed by atoms with Gasteiger partial charge >= 0.3 is 5.69 Å². The number of nitro groups is 1. The highest BCUT2D eigenvalue weighted by Crippen LogP contribution is 2.35. The summed E-state index contributed by atoms with van der Waals surface area (Å²) in [6.07, 6.45) is 5.32. The van der Waals surface area contributed by atoms with Crippen molar-refractivity contribution >= 4 is 11.4 Å². The molecule has 0 aliphatic carbocycles. The molecule has 0 spiro atoms. The minimum atomic E-state index is -0.369. The van der Waals surface area contributed by atoms with Gasteiger partial charge in [-0.05, 0) is 31.9 Å². The zero-order chi connectivity index (χ0) is 15.7. The van der Waals surface area contributed by atoms with E-state index in [0.717, 1.165) is 19.3 Å². The van der Waals surface area contributed by atoms with Gasteiger partial charge in [-0.2, -0.15) is 0 Å². The molecule has 0 fully saturated rings. The smallest absolute Gasteiger partial charge is 0.333 e. The molecule has 0 bridgehead atoms. The quantitative estimate of drug-likeness (QED) is 0.384. The minimum absolute atomic E-state index is 0.0355. The fourth-order valence-electron chi connectivity index (χ4n) is 2.19. The standard InChI is InChI=1S/C16H26N2O3/c1-4-6-7-9-13(3)17-14-10-8-11-15(21-12-5-2)16(14)18(19)20/h8,10-11,13,17H,4-7,9,12H2,1-3H3. The molecule has 1 atom stereocenters. The van der Waals surface area contributed by atoms with E-state index in [0.29, 0.717) is 18.0 Å². The number of hydrogen-bond donors (Lipinski definition) is 1. The lowest BCUT2D eigenvalue weighted by molar-refractivity contribution is -0.385. The molecule has 0 heterocycles. The highest BCUT2D eigenvalue weighted by atomic mass is 16.6. The molecule has 5 nitrogen and oxygen atoms in total. The van der Waals surface area contributed by atoms with E-state index >= 15 is 0 Å². The Kier molecular flexibility index (Phi) is 7.58. The van der Waals surface area contributed by atoms with Crippen LogP contribution in [0.25, 0.3) is 0 Å². The number of hydrogen-bond acceptors (Lipinski definition) is 4. The van der Waals surface area contributed by atoms with Crippen LogP contribution in [0.3, 0.4) is 0 Å². The van der Waals surface area contributed by atoms with E-state index in [2.05, 4.69) is 19.2 Å². The number of nitro benzene ring substituents is 1. The van der Waals surface area contributed by atoms with Gasteiger partial charge in [-0.3, -0.25) is 10.1 Å². The van der Waals surface area contributed by atoms with Crippen molar-refractivity contribution in [2.45, 2.75) is 58.9 Å². The van der Waals surface area contributed by atoms with E-state index in [9.17, 15) is 10.1 Å². The molecule has 1 aromatic carbocycles. The topological polar surface area (TPSA) is 64.4 Å². The van der Waals surface area contributed by atoms with Crippen LogP contribution in [0.4, 0.5) is 11.4 Å². The molecule has 0 saturated carbocycles. The molecule has 0 radical (unpaired) electrons. The van der Waals surface area contributed by atoms with Gasteiger partial charge in [0.2, 0.25) is 0 Å². The molecule has 21 heavy (non-hydrogen) atoms. The first kappa shape index (κ1) is 17.3. The lowest BCUT2D eigenvalue weighted by Crippen LogP contribution is -2.16. The van der Waals surface area contributed by atoms with Crippen molar-refractivity contribution in [2.24, 2.45) is 0 Å². The second-order valence-electron chi connectivity index (χ2n) is 5.30. The van der Waals surface area contributed by atoms with Gasteiger partial charge in [0.15, 0.2) is 5.75 Å². The van der Waals surface area contributed by atoms with Crippen LogP contribution in [-0.2, 0) is 0 Å². The predicted octanol–water partition coefficient (Wildman–Crippen LogP) is 4.76. The summed E-state index contributed by atoms with van der Waals surface area (Å²) in [6, 6.07) is 5.39. The van der Waals surface area contributed by atoms with Crippen LogP contribution < -0.4 is 10.1 Å². The van der Waals surface area contributed by atoms with Crippen molar-refractivity contribution in [1.29, 1.82) is 0 Å². The largest absolute Gasteiger partial charge is 0.487 e. The number of nitrogens with one attached hydrogen (secondary N) is 1. The number of para-hydroxylation sites is 1. The Morgan fingerprint density at radius 2 is 2.05 bits per heavy atom. The van der Waals surface area contributed by atoms with Crippen LogP contribution in [0.1, 0.15) is 52.9 Å². The molecular weight excluding hydrogens is 268 g/mol. The number of anilines is 1. The summed E-state index contributed by atoms with van der Waals surface area (Å²) in [5.41, 5.74) is 0.575. The van der Waals surface area contributed by atoms with E-state index in [-0.39, 0.29) is 16.7 Å². The third-order valence-electron chi connectivity index (χ3n) is 3.29. The van der Waals surface area contributed by atoms with E-state index in [1.54, 1.807) is 18.2 Å². The van der Waals surface area contributed by atoms with Crippen LogP contribution in [0.5, 0.6) is 5.75 Å². The number of rotatable bonds is 10. The predicted molar refractivity (Wildman–Crippen MR) is 86.1 cm³/mol. The maximum atomic E-state index is 11.3. The number of benzene rings is 1. The van der Waals surface area contributed by atoms with Crippen LogP contribution in [0.2, 0.25) is 0 Å². The first-order valence-corrected chi connectivity index (χ1v) is 7.76. The molecule has 0 aliphatic heterocycles. The van der Waals surface area contributed by atoms with Gasteiger partial charge in [-0.25, -0.2) is 0 Å². The average molecular weight is 294 g/mol. The second-order valence-corrected chi connectivity index (χ2v) is 5.30. The van der Waals surface area contributed by atoms with Gasteiger partial charge < -0.3 is 10.1 Å². The van der Waals surface area contributed by atoms with Gasteiger partial charge in [0.25, 0.3) is 0 Å². The molecule has 0 aliphatic rings. The summed E-state index contributed by atoms with van der Waals surface area (Å²) in [5, 5.41) is 14.6. The van der Waals surface area contributed by atoms with Gasteiger partial charge in [0.05, 0.1) is 11.5 Å². The van der Waals surface area contributed by atoms with E-state index in [4.69, 9.17) is 4.74 Å². The van der Waals surface area contributed by atoms with Crippen molar-refractivity contribution in [2.75, 3.05) is 11.9 Å². The summed E-state index contributed by atoms with van der Waals surface area (Å²) in [4.78, 5) is 11.0. The third kappa shape index (κ3) is 5.61. The zero-order valence-electron chi connectivity index (χ0n) is 13.2. The van der Waals surface area contributed by atoms with Crippen LogP contribution in [-0.4, -0.2) is 17.6 Å². The van der Waals surface area contributed by atoms with Crippen LogP contribution >= 0.6 is 0 Å². The summed E-state index contributed by atoms with van der Waals surface area (Å²) in [5.74, 6) is 0.340. The monoisotopic (exact) mass is 294 g/mol. The average Bonchev–Trinajstić information content (AvgIpc) is 2.45. The fraction of sp³-hybridized carbons (Fsp3) is 0.625. The van der Waals surface area contributed by atoms with E-state index < -0.39 is 0 Å². The highest BCUT2D eigenvalue weighted by molar-refractivity contribution is 5.68. The SMILES string of the molecule is CCCCCC(C)Nc1cccc(OCCC)c1[N+](=O)[O-]. The van der Waals surface area contributed by atoms with Crippen molar-refractivity contribution < 1.29 is 9.66 Å². The number of nitrogens with zero attached hydrogens (tertiary/aromatic N) is 1. The normalized spacial score (nSPS) is 12.0. The molecule has 1 aromatic rings. The molecule has 0 amide bonds. The molecule has 1 rings (SSSR count). The Bertz CT molecular complexity index is 449. The highest BCUT2D eigenvalue weighted by Gasteiger charge is 2.21. The van der Waals surface area contributed by atoms with Gasteiger partial charge in [-0.15, -0.1) is 0 Å².